The van der Waals surface area contributed by atoms with E-state index in [1.165, 1.54) is 12.4 Å². The molecular weight excluding hydrogens is 324 g/mol. The van der Waals surface area contributed by atoms with Crippen LogP contribution in [0.4, 0.5) is 17.3 Å². The van der Waals surface area contributed by atoms with Crippen molar-refractivity contribution in [3.63, 3.8) is 0 Å². The Kier molecular flexibility index (Phi) is 4.72. The summed E-state index contributed by atoms with van der Waals surface area (Å²) in [6, 6.07) is 14.8. The van der Waals surface area contributed by atoms with Crippen molar-refractivity contribution < 1.29 is 4.79 Å². The Labute approximate surface area is 144 Å². The van der Waals surface area contributed by atoms with Crippen LogP contribution in [0.15, 0.2) is 60.9 Å². The largest absolute Gasteiger partial charge is 0.324 e. The Bertz CT molecular complexity index is 865. The lowest BCUT2D eigenvalue weighted by Crippen LogP contribution is -2.13. The summed E-state index contributed by atoms with van der Waals surface area (Å²) in [5.74, 6) is 0.142. The molecule has 6 heteroatoms. The summed E-state index contributed by atoms with van der Waals surface area (Å²) in [4.78, 5) is 20.6. The Hall–Kier alpha value is -2.92. The number of hydrogen-bond donors (Lipinski definition) is 2. The lowest BCUT2D eigenvalue weighted by Gasteiger charge is -2.08. The fourth-order valence-electron chi connectivity index (χ4n) is 2.11. The van der Waals surface area contributed by atoms with E-state index in [0.29, 0.717) is 22.2 Å². The van der Waals surface area contributed by atoms with Gasteiger partial charge in [0.15, 0.2) is 0 Å². The summed E-state index contributed by atoms with van der Waals surface area (Å²) in [7, 11) is 0. The SMILES string of the molecule is Cc1ccccc1Nc1ncc(C(=O)Nc2cccc(Cl)c2)cn1. The summed E-state index contributed by atoms with van der Waals surface area (Å²) in [6.45, 7) is 2.00. The molecule has 0 saturated carbocycles. The third-order valence-corrected chi connectivity index (χ3v) is 3.62. The van der Waals surface area contributed by atoms with E-state index in [1.54, 1.807) is 24.3 Å². The summed E-state index contributed by atoms with van der Waals surface area (Å²) < 4.78 is 0. The number of hydrogen-bond acceptors (Lipinski definition) is 4. The number of carbonyl (C=O) groups excluding carboxylic acids is 1. The number of aromatic nitrogens is 2. The molecule has 0 unspecified atom stereocenters. The van der Waals surface area contributed by atoms with Gasteiger partial charge >= 0.3 is 0 Å². The van der Waals surface area contributed by atoms with Gasteiger partial charge in [0.25, 0.3) is 5.91 Å². The molecule has 2 aromatic carbocycles. The minimum absolute atomic E-state index is 0.292. The topological polar surface area (TPSA) is 66.9 Å². The van der Waals surface area contributed by atoms with Gasteiger partial charge in [-0.3, -0.25) is 4.79 Å². The Morgan fingerprint density at radius 3 is 2.50 bits per heavy atom. The summed E-state index contributed by atoms with van der Waals surface area (Å²) in [6.07, 6.45) is 2.96. The number of nitrogens with zero attached hydrogens (tertiary/aromatic N) is 2. The summed E-state index contributed by atoms with van der Waals surface area (Å²) in [5.41, 5.74) is 3.00. The molecular formula is C18H15ClN4O. The zero-order chi connectivity index (χ0) is 16.9. The molecule has 0 radical (unpaired) electrons. The van der Waals surface area contributed by atoms with Crippen molar-refractivity contribution in [1.82, 2.24) is 9.97 Å². The zero-order valence-corrected chi connectivity index (χ0v) is 13.7. The number of amides is 1. The van der Waals surface area contributed by atoms with E-state index in [1.807, 2.05) is 31.2 Å². The Morgan fingerprint density at radius 1 is 1.04 bits per heavy atom. The molecule has 0 aliphatic heterocycles. The average Bonchev–Trinajstić information content (AvgIpc) is 2.57. The second kappa shape index (κ2) is 7.10. The third kappa shape index (κ3) is 3.88. The van der Waals surface area contributed by atoms with E-state index in [-0.39, 0.29) is 5.91 Å². The first-order valence-electron chi connectivity index (χ1n) is 7.33. The average molecular weight is 339 g/mol. The number of carbonyl (C=O) groups is 1. The van der Waals surface area contributed by atoms with E-state index in [0.717, 1.165) is 11.3 Å². The molecule has 24 heavy (non-hydrogen) atoms. The van der Waals surface area contributed by atoms with Gasteiger partial charge < -0.3 is 10.6 Å². The second-order valence-electron chi connectivity index (χ2n) is 5.20. The van der Waals surface area contributed by atoms with Crippen LogP contribution in [0.1, 0.15) is 15.9 Å². The number of anilines is 3. The summed E-state index contributed by atoms with van der Waals surface area (Å²) >= 11 is 5.90. The van der Waals surface area contributed by atoms with Gasteiger partial charge in [-0.25, -0.2) is 9.97 Å². The molecule has 3 aromatic rings. The molecule has 1 aromatic heterocycles. The number of benzene rings is 2. The minimum atomic E-state index is -0.292. The molecule has 0 aliphatic rings. The molecule has 1 amide bonds. The molecule has 0 fully saturated rings. The number of nitrogens with one attached hydrogen (secondary N) is 2. The van der Waals surface area contributed by atoms with Crippen molar-refractivity contribution in [2.75, 3.05) is 10.6 Å². The van der Waals surface area contributed by atoms with Crippen LogP contribution in [0.3, 0.4) is 0 Å². The highest BCUT2D eigenvalue weighted by Crippen LogP contribution is 2.18. The standard InChI is InChI=1S/C18H15ClN4O/c1-12-5-2-3-8-16(12)23-18-20-10-13(11-21-18)17(24)22-15-7-4-6-14(19)9-15/h2-11H,1H3,(H,22,24)(H,20,21,23). The lowest BCUT2D eigenvalue weighted by molar-refractivity contribution is 0.102. The van der Waals surface area contributed by atoms with Crippen LogP contribution in [0.2, 0.25) is 5.02 Å². The highest BCUT2D eigenvalue weighted by atomic mass is 35.5. The van der Waals surface area contributed by atoms with E-state index in [9.17, 15) is 4.79 Å². The maximum atomic E-state index is 12.2. The van der Waals surface area contributed by atoms with Gasteiger partial charge in [0, 0.05) is 28.8 Å². The first kappa shape index (κ1) is 16.0. The Morgan fingerprint density at radius 2 is 1.79 bits per heavy atom. The fourth-order valence-corrected chi connectivity index (χ4v) is 2.30. The van der Waals surface area contributed by atoms with E-state index < -0.39 is 0 Å². The predicted molar refractivity (Wildman–Crippen MR) is 95.9 cm³/mol. The molecule has 0 bridgehead atoms. The highest BCUT2D eigenvalue weighted by molar-refractivity contribution is 6.30. The van der Waals surface area contributed by atoms with Gasteiger partial charge in [0.1, 0.15) is 0 Å². The van der Waals surface area contributed by atoms with Crippen LogP contribution < -0.4 is 10.6 Å². The van der Waals surface area contributed by atoms with E-state index in [2.05, 4.69) is 20.6 Å². The molecule has 0 aliphatic carbocycles. The first-order chi connectivity index (χ1) is 11.6. The van der Waals surface area contributed by atoms with Gasteiger partial charge in [0.2, 0.25) is 5.95 Å². The van der Waals surface area contributed by atoms with Crippen molar-refractivity contribution in [3.8, 4) is 0 Å². The first-order valence-corrected chi connectivity index (χ1v) is 7.71. The lowest BCUT2D eigenvalue weighted by atomic mass is 10.2. The maximum absolute atomic E-state index is 12.2. The van der Waals surface area contributed by atoms with E-state index in [4.69, 9.17) is 11.6 Å². The van der Waals surface area contributed by atoms with Crippen LogP contribution in [-0.2, 0) is 0 Å². The number of para-hydroxylation sites is 1. The van der Waals surface area contributed by atoms with Crippen LogP contribution in [0.5, 0.6) is 0 Å². The van der Waals surface area contributed by atoms with Crippen LogP contribution >= 0.6 is 11.6 Å². The van der Waals surface area contributed by atoms with Crippen molar-refractivity contribution in [2.45, 2.75) is 6.92 Å². The molecule has 1 heterocycles. The number of rotatable bonds is 4. The van der Waals surface area contributed by atoms with E-state index >= 15 is 0 Å². The van der Waals surface area contributed by atoms with Gasteiger partial charge in [0.05, 0.1) is 5.56 Å². The normalized spacial score (nSPS) is 10.2. The minimum Gasteiger partial charge on any atom is -0.324 e. The smallest absolute Gasteiger partial charge is 0.258 e. The molecule has 5 nitrogen and oxygen atoms in total. The molecule has 0 atom stereocenters. The van der Waals surface area contributed by atoms with Crippen LogP contribution in [0.25, 0.3) is 0 Å². The number of aryl methyl sites for hydroxylation is 1. The van der Waals surface area contributed by atoms with Gasteiger partial charge in [-0.05, 0) is 36.8 Å². The summed E-state index contributed by atoms with van der Waals surface area (Å²) in [5, 5.41) is 6.43. The fraction of sp³-hybridized carbons (Fsp3) is 0.0556. The molecule has 2 N–H and O–H groups in total. The van der Waals surface area contributed by atoms with Crippen molar-refractivity contribution in [3.05, 3.63) is 77.1 Å². The predicted octanol–water partition coefficient (Wildman–Crippen LogP) is 4.43. The van der Waals surface area contributed by atoms with Crippen molar-refractivity contribution in [1.29, 1.82) is 0 Å². The second-order valence-corrected chi connectivity index (χ2v) is 5.64. The number of halogens is 1. The third-order valence-electron chi connectivity index (χ3n) is 3.39. The highest BCUT2D eigenvalue weighted by Gasteiger charge is 2.08. The van der Waals surface area contributed by atoms with Gasteiger partial charge in [-0.15, -0.1) is 0 Å². The van der Waals surface area contributed by atoms with Crippen molar-refractivity contribution in [2.24, 2.45) is 0 Å². The molecule has 3 rings (SSSR count). The quantitative estimate of drug-likeness (QED) is 0.738. The molecule has 0 saturated heterocycles. The van der Waals surface area contributed by atoms with Gasteiger partial charge in [-0.1, -0.05) is 35.9 Å². The monoisotopic (exact) mass is 338 g/mol. The molecule has 120 valence electrons. The van der Waals surface area contributed by atoms with Gasteiger partial charge in [-0.2, -0.15) is 0 Å². The maximum Gasteiger partial charge on any atom is 0.258 e. The van der Waals surface area contributed by atoms with Crippen LogP contribution in [-0.4, -0.2) is 15.9 Å². The van der Waals surface area contributed by atoms with Crippen molar-refractivity contribution >= 4 is 34.8 Å². The zero-order valence-electron chi connectivity index (χ0n) is 13.0. The Balaban J connectivity index is 1.70. The van der Waals surface area contributed by atoms with Crippen LogP contribution in [0, 0.1) is 6.92 Å². The molecule has 0 spiro atoms.